The van der Waals surface area contributed by atoms with E-state index >= 15 is 0 Å². The smallest absolute Gasteiger partial charge is 0.0277 e. The van der Waals surface area contributed by atoms with Crippen molar-refractivity contribution in [3.05, 3.63) is 48.1 Å². The number of hydrogen-bond acceptors (Lipinski definition) is 0. The van der Waals surface area contributed by atoms with Crippen molar-refractivity contribution in [1.82, 2.24) is 0 Å². The molecule has 0 aliphatic rings. The zero-order valence-corrected chi connectivity index (χ0v) is 15.3. The second-order valence-electron chi connectivity index (χ2n) is 5.02. The summed E-state index contributed by atoms with van der Waals surface area (Å²) >= 11 is 0. The molecule has 0 heteroatoms. The summed E-state index contributed by atoms with van der Waals surface area (Å²) in [5, 5.41) is 0. The first kappa shape index (κ1) is 24.0. The molecule has 0 radical (unpaired) electrons. The van der Waals surface area contributed by atoms with Crippen molar-refractivity contribution in [3.8, 4) is 0 Å². The topological polar surface area (TPSA) is 0 Å². The highest BCUT2D eigenvalue weighted by Crippen LogP contribution is 2.11. The SMILES string of the molecule is C=C(C)C(/C=C\C)=C/CC.C=C(C)CC(C)CC.CC. The van der Waals surface area contributed by atoms with Crippen molar-refractivity contribution in [2.24, 2.45) is 5.92 Å². The van der Waals surface area contributed by atoms with Gasteiger partial charge in [-0.2, -0.15) is 0 Å². The molecule has 0 N–H and O–H groups in total. The minimum absolute atomic E-state index is 0.826. The van der Waals surface area contributed by atoms with E-state index in [2.05, 4.69) is 53.0 Å². The Bertz CT molecular complexity index is 289. The quantitative estimate of drug-likeness (QED) is 0.348. The molecule has 0 aromatic heterocycles. The maximum absolute atomic E-state index is 3.87. The van der Waals surface area contributed by atoms with Crippen LogP contribution in [0, 0.1) is 5.92 Å². The molecule has 1 atom stereocenters. The molecule has 1 unspecified atom stereocenters. The van der Waals surface area contributed by atoms with Crippen molar-refractivity contribution in [2.75, 3.05) is 0 Å². The third kappa shape index (κ3) is 19.3. The Kier molecular flexibility index (Phi) is 21.6. The molecule has 0 bridgehead atoms. The first-order valence-corrected chi connectivity index (χ1v) is 8.02. The Morgan fingerprint density at radius 3 is 1.80 bits per heavy atom. The van der Waals surface area contributed by atoms with Crippen LogP contribution in [0.2, 0.25) is 0 Å². The van der Waals surface area contributed by atoms with Crippen molar-refractivity contribution in [3.63, 3.8) is 0 Å². The van der Waals surface area contributed by atoms with E-state index in [0.717, 1.165) is 17.9 Å². The fourth-order valence-electron chi connectivity index (χ4n) is 1.52. The lowest BCUT2D eigenvalue weighted by Gasteiger charge is -2.05. The Labute approximate surface area is 129 Å². The van der Waals surface area contributed by atoms with Crippen LogP contribution in [-0.4, -0.2) is 0 Å². The third-order valence-electron chi connectivity index (χ3n) is 2.66. The van der Waals surface area contributed by atoms with Gasteiger partial charge in [-0.25, -0.2) is 0 Å². The summed E-state index contributed by atoms with van der Waals surface area (Å²) in [7, 11) is 0. The minimum Gasteiger partial charge on any atom is -0.100 e. The first-order valence-electron chi connectivity index (χ1n) is 8.02. The van der Waals surface area contributed by atoms with Crippen LogP contribution in [0.4, 0.5) is 0 Å². The Balaban J connectivity index is -0.000000262. The molecule has 0 spiro atoms. The molecule has 20 heavy (non-hydrogen) atoms. The van der Waals surface area contributed by atoms with E-state index in [1.807, 2.05) is 33.8 Å². The van der Waals surface area contributed by atoms with E-state index in [-0.39, 0.29) is 0 Å². The van der Waals surface area contributed by atoms with Gasteiger partial charge in [0.25, 0.3) is 0 Å². The minimum atomic E-state index is 0.826. The highest BCUT2D eigenvalue weighted by atomic mass is 14.0. The molecule has 0 aromatic carbocycles. The maximum Gasteiger partial charge on any atom is -0.0277 e. The third-order valence-corrected chi connectivity index (χ3v) is 2.66. The lowest BCUT2D eigenvalue weighted by molar-refractivity contribution is 0.558. The fourth-order valence-corrected chi connectivity index (χ4v) is 1.52. The molecule has 0 heterocycles. The average molecular weight is 279 g/mol. The summed E-state index contributed by atoms with van der Waals surface area (Å²) in [5.74, 6) is 0.826. The molecule has 0 amide bonds. The number of allylic oxidation sites excluding steroid dienone is 6. The Morgan fingerprint density at radius 1 is 1.10 bits per heavy atom. The number of rotatable bonds is 6. The average Bonchev–Trinajstić information content (AvgIpc) is 2.40. The number of hydrogen-bond donors (Lipinski definition) is 0. The standard InChI is InChI=1S/C10H16.C8H16.C2H6/c1-5-7-10(8-6-2)9(3)4;1-5-8(4)6-7(2)3;1-2/h5,7-8H,3,6H2,1-2,4H3;8H,2,5-6H2,1,3-4H3;1-2H3/b7-5-,10-8+;;. The summed E-state index contributed by atoms with van der Waals surface area (Å²) in [4.78, 5) is 0. The van der Waals surface area contributed by atoms with Crippen LogP contribution in [0.1, 0.15) is 74.7 Å². The van der Waals surface area contributed by atoms with Gasteiger partial charge in [0, 0.05) is 0 Å². The zero-order valence-electron chi connectivity index (χ0n) is 15.3. The molecular weight excluding hydrogens is 240 g/mol. The van der Waals surface area contributed by atoms with E-state index in [0.29, 0.717) is 0 Å². The van der Waals surface area contributed by atoms with E-state index in [4.69, 9.17) is 0 Å². The van der Waals surface area contributed by atoms with Gasteiger partial charge in [-0.3, -0.25) is 0 Å². The van der Waals surface area contributed by atoms with E-state index in [1.54, 1.807) is 0 Å². The van der Waals surface area contributed by atoms with Crippen LogP contribution in [0.25, 0.3) is 0 Å². The summed E-state index contributed by atoms with van der Waals surface area (Å²) in [6.45, 7) is 24.5. The van der Waals surface area contributed by atoms with E-state index in [1.165, 1.54) is 24.0 Å². The van der Waals surface area contributed by atoms with E-state index < -0.39 is 0 Å². The van der Waals surface area contributed by atoms with Crippen LogP contribution in [0.5, 0.6) is 0 Å². The van der Waals surface area contributed by atoms with Crippen LogP contribution >= 0.6 is 0 Å². The molecule has 0 saturated carbocycles. The molecular formula is C20H38. The van der Waals surface area contributed by atoms with Gasteiger partial charge in [0.15, 0.2) is 0 Å². The van der Waals surface area contributed by atoms with Crippen molar-refractivity contribution < 1.29 is 0 Å². The van der Waals surface area contributed by atoms with Gasteiger partial charge in [-0.15, -0.1) is 6.58 Å². The summed E-state index contributed by atoms with van der Waals surface area (Å²) in [6, 6.07) is 0. The molecule has 0 saturated heterocycles. The molecule has 118 valence electrons. The highest BCUT2D eigenvalue weighted by Gasteiger charge is 1.95. The predicted molar refractivity (Wildman–Crippen MR) is 98.2 cm³/mol. The van der Waals surface area contributed by atoms with Crippen LogP contribution < -0.4 is 0 Å². The Hall–Kier alpha value is -1.04. The molecule has 0 fully saturated rings. The second-order valence-corrected chi connectivity index (χ2v) is 5.02. The molecule has 0 aromatic rings. The molecule has 0 rings (SSSR count). The Morgan fingerprint density at radius 2 is 1.60 bits per heavy atom. The molecule has 0 nitrogen and oxygen atoms in total. The summed E-state index contributed by atoms with van der Waals surface area (Å²) < 4.78 is 0. The van der Waals surface area contributed by atoms with Gasteiger partial charge in [0.2, 0.25) is 0 Å². The van der Waals surface area contributed by atoms with Crippen molar-refractivity contribution in [2.45, 2.75) is 74.7 Å². The lowest BCUT2D eigenvalue weighted by Crippen LogP contribution is -1.90. The first-order chi connectivity index (χ1) is 9.38. The van der Waals surface area contributed by atoms with Gasteiger partial charge in [0.1, 0.15) is 0 Å². The van der Waals surface area contributed by atoms with Gasteiger partial charge in [-0.1, -0.05) is 77.0 Å². The van der Waals surface area contributed by atoms with Crippen LogP contribution in [0.3, 0.4) is 0 Å². The molecule has 0 aliphatic carbocycles. The normalized spacial score (nSPS) is 11.9. The predicted octanol–water partition coefficient (Wildman–Crippen LogP) is 7.50. The van der Waals surface area contributed by atoms with Crippen molar-refractivity contribution >= 4 is 0 Å². The monoisotopic (exact) mass is 278 g/mol. The van der Waals surface area contributed by atoms with E-state index in [9.17, 15) is 0 Å². The van der Waals surface area contributed by atoms with Gasteiger partial charge in [0.05, 0.1) is 0 Å². The van der Waals surface area contributed by atoms with Gasteiger partial charge in [-0.05, 0) is 45.1 Å². The lowest BCUT2D eigenvalue weighted by atomic mass is 10.0. The zero-order chi connectivity index (χ0) is 16.6. The maximum atomic E-state index is 3.87. The van der Waals surface area contributed by atoms with Crippen molar-refractivity contribution in [1.29, 1.82) is 0 Å². The largest absolute Gasteiger partial charge is 0.100 e. The summed E-state index contributed by atoms with van der Waals surface area (Å²) in [5.41, 5.74) is 3.70. The highest BCUT2D eigenvalue weighted by molar-refractivity contribution is 5.35. The van der Waals surface area contributed by atoms with Crippen LogP contribution in [-0.2, 0) is 0 Å². The second kappa shape index (κ2) is 18.0. The van der Waals surface area contributed by atoms with Crippen LogP contribution in [0.15, 0.2) is 48.1 Å². The van der Waals surface area contributed by atoms with Gasteiger partial charge < -0.3 is 0 Å². The molecule has 0 aliphatic heterocycles. The summed E-state index contributed by atoms with van der Waals surface area (Å²) in [6.07, 6.45) is 9.85. The fraction of sp³-hybridized carbons (Fsp3) is 0.600. The van der Waals surface area contributed by atoms with Gasteiger partial charge >= 0.3 is 0 Å².